The van der Waals surface area contributed by atoms with Crippen molar-refractivity contribution in [2.45, 2.75) is 38.1 Å². The summed E-state index contributed by atoms with van der Waals surface area (Å²) < 4.78 is 4.71. The van der Waals surface area contributed by atoms with Crippen LogP contribution in [0.3, 0.4) is 0 Å². The van der Waals surface area contributed by atoms with Gasteiger partial charge in [-0.15, -0.1) is 0 Å². The third-order valence-electron chi connectivity index (χ3n) is 4.33. The van der Waals surface area contributed by atoms with Gasteiger partial charge in [0.1, 0.15) is 11.7 Å². The van der Waals surface area contributed by atoms with Crippen LogP contribution in [0.4, 0.5) is 11.4 Å². The van der Waals surface area contributed by atoms with Gasteiger partial charge in [0.25, 0.3) is 5.69 Å². The van der Waals surface area contributed by atoms with Crippen molar-refractivity contribution < 1.29 is 19.2 Å². The molecule has 8 heteroatoms. The summed E-state index contributed by atoms with van der Waals surface area (Å²) in [5, 5.41) is 13.7. The summed E-state index contributed by atoms with van der Waals surface area (Å²) in [6.07, 6.45) is 4.01. The molecule has 0 radical (unpaired) electrons. The highest BCUT2D eigenvalue weighted by molar-refractivity contribution is 5.98. The molecular weight excluding hydrogens is 326 g/mol. The highest BCUT2D eigenvalue weighted by Crippen LogP contribution is 2.24. The van der Waals surface area contributed by atoms with Gasteiger partial charge in [0.05, 0.1) is 18.5 Å². The first kappa shape index (κ1) is 18.9. The number of hydrogen-bond donors (Lipinski definition) is 1. The molecule has 1 saturated heterocycles. The standard InChI is InChI=1S/C17H23N3O5/c1-25-16(21)12-15(19-10-6-2-3-7-11-19)17(22)18-13-8-4-5-9-14(13)20(23)24/h4-5,8-9,15H,2-3,6-7,10-12H2,1H3,(H,18,22). The van der Waals surface area contributed by atoms with E-state index in [2.05, 4.69) is 5.32 Å². The molecule has 25 heavy (non-hydrogen) atoms. The van der Waals surface area contributed by atoms with E-state index in [0.29, 0.717) is 13.1 Å². The molecule has 1 atom stereocenters. The lowest BCUT2D eigenvalue weighted by molar-refractivity contribution is -0.383. The van der Waals surface area contributed by atoms with Crippen LogP contribution in [0.2, 0.25) is 0 Å². The van der Waals surface area contributed by atoms with E-state index < -0.39 is 22.8 Å². The van der Waals surface area contributed by atoms with Gasteiger partial charge in [-0.1, -0.05) is 25.0 Å². The Morgan fingerprint density at radius 1 is 1.24 bits per heavy atom. The Labute approximate surface area is 146 Å². The summed E-state index contributed by atoms with van der Waals surface area (Å²) in [5.74, 6) is -0.909. The van der Waals surface area contributed by atoms with Crippen LogP contribution in [0, 0.1) is 10.1 Å². The van der Waals surface area contributed by atoms with Crippen LogP contribution in [0.1, 0.15) is 32.1 Å². The number of benzene rings is 1. The number of methoxy groups -OCH3 is 1. The topological polar surface area (TPSA) is 102 Å². The van der Waals surface area contributed by atoms with Gasteiger partial charge in [0.15, 0.2) is 0 Å². The van der Waals surface area contributed by atoms with E-state index in [-0.39, 0.29) is 17.8 Å². The zero-order valence-electron chi connectivity index (χ0n) is 14.3. The maximum Gasteiger partial charge on any atom is 0.307 e. The van der Waals surface area contributed by atoms with Crippen LogP contribution in [0.25, 0.3) is 0 Å². The molecule has 8 nitrogen and oxygen atoms in total. The van der Waals surface area contributed by atoms with E-state index in [1.54, 1.807) is 6.07 Å². The molecule has 0 aromatic heterocycles. The molecule has 0 saturated carbocycles. The van der Waals surface area contributed by atoms with Gasteiger partial charge in [-0.05, 0) is 32.0 Å². The molecule has 0 bridgehead atoms. The number of nitrogens with zero attached hydrogens (tertiary/aromatic N) is 2. The number of ether oxygens (including phenoxy) is 1. The molecule has 0 spiro atoms. The van der Waals surface area contributed by atoms with Crippen molar-refractivity contribution >= 4 is 23.3 Å². The zero-order chi connectivity index (χ0) is 18.2. The van der Waals surface area contributed by atoms with Gasteiger partial charge < -0.3 is 10.1 Å². The molecule has 2 rings (SSSR count). The summed E-state index contributed by atoms with van der Waals surface area (Å²) in [7, 11) is 1.28. The second-order valence-corrected chi connectivity index (χ2v) is 6.01. The predicted molar refractivity (Wildman–Crippen MR) is 92.2 cm³/mol. The van der Waals surface area contributed by atoms with Gasteiger partial charge in [-0.25, -0.2) is 0 Å². The molecule has 1 heterocycles. The van der Waals surface area contributed by atoms with Crippen molar-refractivity contribution in [2.75, 3.05) is 25.5 Å². The van der Waals surface area contributed by atoms with E-state index in [0.717, 1.165) is 25.7 Å². The van der Waals surface area contributed by atoms with Crippen LogP contribution >= 0.6 is 0 Å². The summed E-state index contributed by atoms with van der Waals surface area (Å²) in [6.45, 7) is 1.43. The van der Waals surface area contributed by atoms with Crippen LogP contribution < -0.4 is 5.32 Å². The number of para-hydroxylation sites is 2. The number of likely N-dealkylation sites (tertiary alicyclic amines) is 1. The minimum absolute atomic E-state index is 0.0804. The third kappa shape index (κ3) is 5.25. The first-order chi connectivity index (χ1) is 12.0. The first-order valence-electron chi connectivity index (χ1n) is 8.38. The lowest BCUT2D eigenvalue weighted by atomic mass is 10.1. The van der Waals surface area contributed by atoms with Crippen LogP contribution in [0.15, 0.2) is 24.3 Å². The average Bonchev–Trinajstić information content (AvgIpc) is 2.88. The number of carbonyl (C=O) groups excluding carboxylic acids is 2. The largest absolute Gasteiger partial charge is 0.469 e. The number of hydrogen-bond acceptors (Lipinski definition) is 6. The molecule has 1 aromatic carbocycles. The van der Waals surface area contributed by atoms with Gasteiger partial charge in [-0.3, -0.25) is 24.6 Å². The fraction of sp³-hybridized carbons (Fsp3) is 0.529. The SMILES string of the molecule is COC(=O)CC(C(=O)Nc1ccccc1[N+](=O)[O-])N1CCCCCC1. The number of esters is 1. The lowest BCUT2D eigenvalue weighted by Gasteiger charge is -2.28. The number of carbonyl (C=O) groups is 2. The monoisotopic (exact) mass is 349 g/mol. The number of anilines is 1. The smallest absolute Gasteiger partial charge is 0.307 e. The minimum Gasteiger partial charge on any atom is -0.469 e. The number of amides is 1. The molecule has 1 aliphatic heterocycles. The molecule has 136 valence electrons. The van der Waals surface area contributed by atoms with Crippen molar-refractivity contribution in [1.82, 2.24) is 4.90 Å². The van der Waals surface area contributed by atoms with Gasteiger partial charge in [0.2, 0.25) is 5.91 Å². The molecule has 1 aromatic rings. The Bertz CT molecular complexity index is 626. The minimum atomic E-state index is -0.703. The van der Waals surface area contributed by atoms with Crippen LogP contribution in [-0.4, -0.2) is 47.9 Å². The Morgan fingerprint density at radius 3 is 2.48 bits per heavy atom. The summed E-state index contributed by atoms with van der Waals surface area (Å²) in [5.41, 5.74) is -0.0503. The average molecular weight is 349 g/mol. The van der Waals surface area contributed by atoms with E-state index >= 15 is 0 Å². The Hall–Kier alpha value is -2.48. The highest BCUT2D eigenvalue weighted by Gasteiger charge is 2.30. The quantitative estimate of drug-likeness (QED) is 0.480. The van der Waals surface area contributed by atoms with Gasteiger partial charge in [-0.2, -0.15) is 0 Å². The molecular formula is C17H23N3O5. The second-order valence-electron chi connectivity index (χ2n) is 6.01. The first-order valence-corrected chi connectivity index (χ1v) is 8.38. The van der Waals surface area contributed by atoms with Crippen molar-refractivity contribution in [3.8, 4) is 0 Å². The molecule has 1 aliphatic rings. The number of nitro groups is 1. The Morgan fingerprint density at radius 2 is 1.88 bits per heavy atom. The van der Waals surface area contributed by atoms with Crippen molar-refractivity contribution in [2.24, 2.45) is 0 Å². The van der Waals surface area contributed by atoms with Crippen molar-refractivity contribution in [1.29, 1.82) is 0 Å². The Balaban J connectivity index is 2.19. The molecule has 1 unspecified atom stereocenters. The molecule has 1 N–H and O–H groups in total. The lowest BCUT2D eigenvalue weighted by Crippen LogP contribution is -2.46. The van der Waals surface area contributed by atoms with Crippen molar-refractivity contribution in [3.63, 3.8) is 0 Å². The summed E-state index contributed by atoms with van der Waals surface area (Å²) in [6, 6.07) is 5.26. The van der Waals surface area contributed by atoms with E-state index in [1.165, 1.54) is 25.3 Å². The molecule has 1 fully saturated rings. The summed E-state index contributed by atoms with van der Waals surface area (Å²) >= 11 is 0. The number of rotatable bonds is 6. The fourth-order valence-corrected chi connectivity index (χ4v) is 2.99. The maximum absolute atomic E-state index is 12.8. The highest BCUT2D eigenvalue weighted by atomic mass is 16.6. The van der Waals surface area contributed by atoms with Crippen LogP contribution in [0.5, 0.6) is 0 Å². The second kappa shape index (κ2) is 9.12. The van der Waals surface area contributed by atoms with E-state index in [9.17, 15) is 19.7 Å². The number of nitrogens with one attached hydrogen (secondary N) is 1. The number of nitro benzene ring substituents is 1. The van der Waals surface area contributed by atoms with Crippen LogP contribution in [-0.2, 0) is 14.3 Å². The van der Waals surface area contributed by atoms with Gasteiger partial charge >= 0.3 is 5.97 Å². The predicted octanol–water partition coefficient (Wildman–Crippen LogP) is 2.34. The van der Waals surface area contributed by atoms with E-state index in [4.69, 9.17) is 4.74 Å². The zero-order valence-corrected chi connectivity index (χ0v) is 14.3. The fourth-order valence-electron chi connectivity index (χ4n) is 2.99. The Kier molecular flexibility index (Phi) is 6.88. The van der Waals surface area contributed by atoms with E-state index in [1.807, 2.05) is 4.90 Å². The van der Waals surface area contributed by atoms with Crippen molar-refractivity contribution in [3.05, 3.63) is 34.4 Å². The third-order valence-corrected chi connectivity index (χ3v) is 4.33. The summed E-state index contributed by atoms with van der Waals surface area (Å²) in [4.78, 5) is 37.0. The maximum atomic E-state index is 12.8. The molecule has 1 amide bonds. The van der Waals surface area contributed by atoms with Gasteiger partial charge in [0, 0.05) is 6.07 Å². The normalized spacial score (nSPS) is 16.5. The molecule has 0 aliphatic carbocycles.